The van der Waals surface area contributed by atoms with E-state index in [0.717, 1.165) is 11.1 Å². The van der Waals surface area contributed by atoms with E-state index in [9.17, 15) is 4.39 Å². The summed E-state index contributed by atoms with van der Waals surface area (Å²) in [5.41, 5.74) is 2.05. The van der Waals surface area contributed by atoms with Crippen LogP contribution < -0.4 is 5.32 Å². The van der Waals surface area contributed by atoms with Crippen molar-refractivity contribution in [3.8, 4) is 0 Å². The van der Waals surface area contributed by atoms with Gasteiger partial charge in [-0.15, -0.1) is 0 Å². The van der Waals surface area contributed by atoms with Crippen LogP contribution in [0.25, 0.3) is 0 Å². The highest BCUT2D eigenvalue weighted by molar-refractivity contribution is 6.31. The fourth-order valence-corrected chi connectivity index (χ4v) is 2.40. The molecule has 1 N–H and O–H groups in total. The molecule has 100 valence electrons. The van der Waals surface area contributed by atoms with Crippen LogP contribution in [-0.4, -0.2) is 4.98 Å². The average molecular weight is 279 g/mol. The standard InChI is InChI=1S/C15H16ClFN2/c1-10(12-5-7-18-8-6-12)19-11(2)14-4-3-13(17)9-15(14)16/h3-11,19H,1-2H3/t10-,11?/m0/s1. The number of benzene rings is 1. The second kappa shape index (κ2) is 6.13. The molecule has 0 bridgehead atoms. The molecule has 2 rings (SSSR count). The highest BCUT2D eigenvalue weighted by Crippen LogP contribution is 2.25. The van der Waals surface area contributed by atoms with Crippen molar-refractivity contribution in [1.29, 1.82) is 0 Å². The second-order valence-corrected chi connectivity index (χ2v) is 4.96. The molecule has 0 saturated carbocycles. The zero-order valence-electron chi connectivity index (χ0n) is 10.9. The van der Waals surface area contributed by atoms with Gasteiger partial charge in [-0.25, -0.2) is 4.39 Å². The molecule has 0 fully saturated rings. The number of nitrogens with zero attached hydrogens (tertiary/aromatic N) is 1. The SMILES string of the molecule is CC(N[C@@H](C)c1ccncc1)c1ccc(F)cc1Cl. The van der Waals surface area contributed by atoms with Crippen LogP contribution in [0.1, 0.15) is 37.1 Å². The van der Waals surface area contributed by atoms with Crippen molar-refractivity contribution >= 4 is 11.6 Å². The van der Waals surface area contributed by atoms with Crippen LogP contribution in [0.3, 0.4) is 0 Å². The average Bonchev–Trinajstić information content (AvgIpc) is 2.39. The number of hydrogen-bond acceptors (Lipinski definition) is 2. The van der Waals surface area contributed by atoms with Crippen LogP contribution in [0.4, 0.5) is 4.39 Å². The minimum atomic E-state index is -0.317. The number of halogens is 2. The monoisotopic (exact) mass is 278 g/mol. The van der Waals surface area contributed by atoms with E-state index < -0.39 is 0 Å². The highest BCUT2D eigenvalue weighted by atomic mass is 35.5. The van der Waals surface area contributed by atoms with E-state index in [1.54, 1.807) is 18.5 Å². The summed E-state index contributed by atoms with van der Waals surface area (Å²) < 4.78 is 13.0. The Hall–Kier alpha value is -1.45. The van der Waals surface area contributed by atoms with Gasteiger partial charge >= 0.3 is 0 Å². The van der Waals surface area contributed by atoms with Gasteiger partial charge in [-0.3, -0.25) is 4.98 Å². The fraction of sp³-hybridized carbons (Fsp3) is 0.267. The third-order valence-corrected chi connectivity index (χ3v) is 3.46. The molecule has 2 aromatic rings. The first-order valence-electron chi connectivity index (χ1n) is 6.19. The van der Waals surface area contributed by atoms with Crippen LogP contribution in [0.2, 0.25) is 5.02 Å². The summed E-state index contributed by atoms with van der Waals surface area (Å²) in [5, 5.41) is 3.88. The van der Waals surface area contributed by atoms with Crippen LogP contribution in [0.5, 0.6) is 0 Å². The summed E-state index contributed by atoms with van der Waals surface area (Å²) in [5.74, 6) is -0.317. The van der Waals surface area contributed by atoms with E-state index in [2.05, 4.69) is 17.2 Å². The van der Waals surface area contributed by atoms with Crippen LogP contribution in [-0.2, 0) is 0 Å². The summed E-state index contributed by atoms with van der Waals surface area (Å²) in [7, 11) is 0. The summed E-state index contributed by atoms with van der Waals surface area (Å²) >= 11 is 6.06. The van der Waals surface area contributed by atoms with Gasteiger partial charge in [0.1, 0.15) is 5.82 Å². The van der Waals surface area contributed by atoms with Crippen molar-refractivity contribution in [2.45, 2.75) is 25.9 Å². The van der Waals surface area contributed by atoms with Gasteiger partial charge in [0, 0.05) is 29.5 Å². The Kier molecular flexibility index (Phi) is 4.51. The van der Waals surface area contributed by atoms with E-state index in [1.807, 2.05) is 19.1 Å². The van der Waals surface area contributed by atoms with Crippen molar-refractivity contribution in [2.24, 2.45) is 0 Å². The Morgan fingerprint density at radius 2 is 1.79 bits per heavy atom. The minimum Gasteiger partial charge on any atom is -0.304 e. The molecule has 0 aliphatic heterocycles. The third-order valence-electron chi connectivity index (χ3n) is 3.14. The van der Waals surface area contributed by atoms with E-state index in [4.69, 9.17) is 11.6 Å². The normalized spacial score (nSPS) is 14.1. The molecule has 2 nitrogen and oxygen atoms in total. The van der Waals surface area contributed by atoms with Crippen molar-refractivity contribution in [3.05, 3.63) is 64.7 Å². The van der Waals surface area contributed by atoms with Crippen LogP contribution >= 0.6 is 11.6 Å². The summed E-state index contributed by atoms with van der Waals surface area (Å²) in [4.78, 5) is 4.00. The smallest absolute Gasteiger partial charge is 0.124 e. The Balaban J connectivity index is 2.10. The van der Waals surface area contributed by atoms with Gasteiger partial charge in [0.25, 0.3) is 0 Å². The maximum atomic E-state index is 13.0. The van der Waals surface area contributed by atoms with Gasteiger partial charge in [0.2, 0.25) is 0 Å². The number of pyridine rings is 1. The Morgan fingerprint density at radius 1 is 1.11 bits per heavy atom. The topological polar surface area (TPSA) is 24.9 Å². The quantitative estimate of drug-likeness (QED) is 0.903. The molecule has 0 radical (unpaired) electrons. The molecule has 4 heteroatoms. The van der Waals surface area contributed by atoms with Crippen LogP contribution in [0.15, 0.2) is 42.7 Å². The van der Waals surface area contributed by atoms with Gasteiger partial charge in [0.15, 0.2) is 0 Å². The predicted molar refractivity (Wildman–Crippen MR) is 75.6 cm³/mol. The van der Waals surface area contributed by atoms with Crippen molar-refractivity contribution in [1.82, 2.24) is 10.3 Å². The van der Waals surface area contributed by atoms with Crippen LogP contribution in [0, 0.1) is 5.82 Å². The largest absolute Gasteiger partial charge is 0.304 e. The lowest BCUT2D eigenvalue weighted by molar-refractivity contribution is 0.493. The molecule has 1 aromatic heterocycles. The molecule has 0 amide bonds. The molecular weight excluding hydrogens is 263 g/mol. The lowest BCUT2D eigenvalue weighted by atomic mass is 10.0. The van der Waals surface area contributed by atoms with Gasteiger partial charge in [-0.05, 0) is 49.2 Å². The van der Waals surface area contributed by atoms with Crippen molar-refractivity contribution in [3.63, 3.8) is 0 Å². The number of nitrogens with one attached hydrogen (secondary N) is 1. The minimum absolute atomic E-state index is 0.0382. The molecule has 0 spiro atoms. The Labute approximate surface area is 117 Å². The molecule has 2 atom stereocenters. The third kappa shape index (κ3) is 3.52. The number of hydrogen-bond donors (Lipinski definition) is 1. The number of aromatic nitrogens is 1. The fourth-order valence-electron chi connectivity index (χ4n) is 2.07. The molecule has 0 aliphatic rings. The zero-order valence-corrected chi connectivity index (χ0v) is 11.7. The first-order chi connectivity index (χ1) is 9.08. The zero-order chi connectivity index (χ0) is 13.8. The lowest BCUT2D eigenvalue weighted by Crippen LogP contribution is -2.22. The van der Waals surface area contributed by atoms with Crippen molar-refractivity contribution < 1.29 is 4.39 Å². The lowest BCUT2D eigenvalue weighted by Gasteiger charge is -2.21. The van der Waals surface area contributed by atoms with E-state index >= 15 is 0 Å². The molecule has 19 heavy (non-hydrogen) atoms. The second-order valence-electron chi connectivity index (χ2n) is 4.56. The summed E-state index contributed by atoms with van der Waals surface area (Å²) in [6.07, 6.45) is 3.53. The van der Waals surface area contributed by atoms with E-state index in [-0.39, 0.29) is 17.9 Å². The highest BCUT2D eigenvalue weighted by Gasteiger charge is 2.13. The van der Waals surface area contributed by atoms with Crippen molar-refractivity contribution in [2.75, 3.05) is 0 Å². The van der Waals surface area contributed by atoms with E-state index in [0.29, 0.717) is 5.02 Å². The first-order valence-corrected chi connectivity index (χ1v) is 6.56. The Morgan fingerprint density at radius 3 is 2.42 bits per heavy atom. The van der Waals surface area contributed by atoms with E-state index in [1.165, 1.54) is 12.1 Å². The van der Waals surface area contributed by atoms with Gasteiger partial charge in [-0.2, -0.15) is 0 Å². The van der Waals surface area contributed by atoms with Gasteiger partial charge < -0.3 is 5.32 Å². The maximum absolute atomic E-state index is 13.0. The molecular formula is C15H16ClFN2. The summed E-state index contributed by atoms with van der Waals surface area (Å²) in [6.45, 7) is 4.08. The molecule has 1 unspecified atom stereocenters. The first kappa shape index (κ1) is 14.0. The molecule has 1 heterocycles. The predicted octanol–water partition coefficient (Wildman–Crippen LogP) is 4.29. The van der Waals surface area contributed by atoms with Gasteiger partial charge in [-0.1, -0.05) is 17.7 Å². The molecule has 1 aromatic carbocycles. The Bertz CT molecular complexity index is 545. The number of rotatable bonds is 4. The summed E-state index contributed by atoms with van der Waals surface area (Å²) in [6, 6.07) is 8.63. The molecule has 0 aliphatic carbocycles. The molecule has 0 saturated heterocycles. The van der Waals surface area contributed by atoms with Gasteiger partial charge in [0.05, 0.1) is 0 Å². The maximum Gasteiger partial charge on any atom is 0.124 e.